The summed E-state index contributed by atoms with van der Waals surface area (Å²) in [6.45, 7) is 0. The molecule has 1 unspecified atom stereocenters. The van der Waals surface area contributed by atoms with Gasteiger partial charge in [-0.2, -0.15) is 16.8 Å². The van der Waals surface area contributed by atoms with Gasteiger partial charge in [0.25, 0.3) is 20.2 Å². The summed E-state index contributed by atoms with van der Waals surface area (Å²) in [5.74, 6) is -0.571. The molecule has 158 valence electrons. The van der Waals surface area contributed by atoms with E-state index in [2.05, 4.69) is 10.2 Å². The number of Topliss-reactive ketones (excluding diaryl/α,β-unsaturated/α-hetero) is 1. The van der Waals surface area contributed by atoms with E-state index >= 15 is 0 Å². The molecule has 0 fully saturated rings. The van der Waals surface area contributed by atoms with Crippen molar-refractivity contribution in [2.45, 2.75) is 10.1 Å². The van der Waals surface area contributed by atoms with Crippen LogP contribution in [0.1, 0.15) is 21.2 Å². The van der Waals surface area contributed by atoms with Crippen LogP contribution in [0.25, 0.3) is 10.8 Å². The lowest BCUT2D eigenvalue weighted by Crippen LogP contribution is -2.20. The highest BCUT2D eigenvalue weighted by Gasteiger charge is 2.33. The van der Waals surface area contributed by atoms with Crippen LogP contribution in [0, 0.1) is 0 Å². The topological polar surface area (TPSA) is 151 Å². The molecule has 4 rings (SSSR count). The molecule has 3 aromatic carbocycles. The van der Waals surface area contributed by atoms with Crippen LogP contribution in [0.2, 0.25) is 0 Å². The molecule has 1 aliphatic rings. The second kappa shape index (κ2) is 7.46. The summed E-state index contributed by atoms with van der Waals surface area (Å²) in [4.78, 5) is 12.4. The lowest BCUT2D eigenvalue weighted by molar-refractivity contribution is 0.102. The van der Waals surface area contributed by atoms with Crippen molar-refractivity contribution in [3.63, 3.8) is 0 Å². The lowest BCUT2D eigenvalue weighted by Gasteiger charge is -2.19. The van der Waals surface area contributed by atoms with Gasteiger partial charge in [-0.25, -0.2) is 0 Å². The van der Waals surface area contributed by atoms with Gasteiger partial charge in [0.15, 0.2) is 0 Å². The van der Waals surface area contributed by atoms with Crippen LogP contribution in [-0.4, -0.2) is 31.7 Å². The Bertz CT molecular complexity index is 1510. The number of carbonyl (C=O) groups excluding carboxylic acids is 1. The van der Waals surface area contributed by atoms with Crippen molar-refractivity contribution in [1.29, 1.82) is 0 Å². The molecule has 1 atom stereocenters. The van der Waals surface area contributed by atoms with Gasteiger partial charge in [-0.3, -0.25) is 13.9 Å². The van der Waals surface area contributed by atoms with Gasteiger partial charge in [0, 0.05) is 16.3 Å². The minimum absolute atomic E-state index is 0.0770. The minimum Gasteiger partial charge on any atom is -0.287 e. The quantitative estimate of drug-likeness (QED) is 0.445. The van der Waals surface area contributed by atoms with Crippen LogP contribution in [0.3, 0.4) is 0 Å². The van der Waals surface area contributed by atoms with Crippen LogP contribution in [0.4, 0.5) is 5.69 Å². The fraction of sp³-hybridized carbons (Fsp3) is 0.0500. The fourth-order valence-corrected chi connectivity index (χ4v) is 4.92. The van der Waals surface area contributed by atoms with Crippen molar-refractivity contribution in [1.82, 2.24) is 0 Å². The molecule has 0 aliphatic heterocycles. The highest BCUT2D eigenvalue weighted by Crippen LogP contribution is 2.36. The maximum Gasteiger partial charge on any atom is 0.295 e. The molecule has 0 saturated heterocycles. The first-order valence-electron chi connectivity index (χ1n) is 8.80. The summed E-state index contributed by atoms with van der Waals surface area (Å²) >= 11 is 0. The third-order valence-electron chi connectivity index (χ3n) is 4.78. The molecular formula is C20H14N2O7S2. The maximum absolute atomic E-state index is 12.7. The van der Waals surface area contributed by atoms with Gasteiger partial charge in [0.05, 0.1) is 5.69 Å². The molecule has 11 heteroatoms. The molecule has 0 heterocycles. The first-order valence-corrected chi connectivity index (χ1v) is 11.7. The second-order valence-electron chi connectivity index (χ2n) is 6.71. The first-order chi connectivity index (χ1) is 14.6. The zero-order valence-corrected chi connectivity index (χ0v) is 17.2. The molecule has 31 heavy (non-hydrogen) atoms. The maximum atomic E-state index is 12.7. The van der Waals surface area contributed by atoms with Gasteiger partial charge in [-0.05, 0) is 23.8 Å². The highest BCUT2D eigenvalue weighted by molar-refractivity contribution is 7.86. The average molecular weight is 458 g/mol. The van der Waals surface area contributed by atoms with Crippen LogP contribution < -0.4 is 0 Å². The van der Waals surface area contributed by atoms with Gasteiger partial charge in [0.2, 0.25) is 5.78 Å². The Morgan fingerprint density at radius 3 is 2.10 bits per heavy atom. The summed E-state index contributed by atoms with van der Waals surface area (Å²) in [5, 5.41) is 6.96. The summed E-state index contributed by atoms with van der Waals surface area (Å²) < 4.78 is 65.9. The van der Waals surface area contributed by atoms with Gasteiger partial charge < -0.3 is 0 Å². The smallest absolute Gasteiger partial charge is 0.287 e. The number of nitrogens with zero attached hydrogens (tertiary/aromatic N) is 2. The molecule has 0 aromatic heterocycles. The molecule has 0 amide bonds. The van der Waals surface area contributed by atoms with Crippen LogP contribution in [-0.2, 0) is 20.2 Å². The molecule has 0 spiro atoms. The van der Waals surface area contributed by atoms with Crippen molar-refractivity contribution in [3.05, 3.63) is 83.6 Å². The zero-order chi connectivity index (χ0) is 22.4. The van der Waals surface area contributed by atoms with E-state index in [1.165, 1.54) is 24.3 Å². The van der Waals surface area contributed by atoms with E-state index in [1.54, 1.807) is 30.3 Å². The Morgan fingerprint density at radius 1 is 0.774 bits per heavy atom. The Balaban J connectivity index is 1.83. The Labute approximate surface area is 177 Å². The number of azo groups is 1. The van der Waals surface area contributed by atoms with Crippen LogP contribution >= 0.6 is 0 Å². The van der Waals surface area contributed by atoms with Crippen molar-refractivity contribution in [2.75, 3.05) is 0 Å². The summed E-state index contributed by atoms with van der Waals surface area (Å²) in [6.07, 6.45) is 1.01. The van der Waals surface area contributed by atoms with Crippen LogP contribution in [0.5, 0.6) is 0 Å². The third-order valence-corrected chi connectivity index (χ3v) is 6.72. The molecular weight excluding hydrogens is 444 g/mol. The number of allylic oxidation sites excluding steroid dienone is 1. The normalized spacial score (nSPS) is 17.0. The van der Waals surface area contributed by atoms with Crippen LogP contribution in [0.15, 0.2) is 87.6 Å². The number of benzene rings is 3. The Morgan fingerprint density at radius 2 is 1.42 bits per heavy atom. The average Bonchev–Trinajstić information content (AvgIpc) is 2.71. The second-order valence-corrected chi connectivity index (χ2v) is 9.64. The van der Waals surface area contributed by atoms with Gasteiger partial charge in [-0.1, -0.05) is 48.5 Å². The number of fused-ring (bicyclic) bond motifs is 2. The molecule has 0 saturated carbocycles. The molecule has 0 bridgehead atoms. The highest BCUT2D eigenvalue weighted by atomic mass is 32.2. The molecule has 9 nitrogen and oxygen atoms in total. The zero-order valence-electron chi connectivity index (χ0n) is 15.6. The van der Waals surface area contributed by atoms with E-state index in [4.69, 9.17) is 0 Å². The third kappa shape index (κ3) is 3.91. The largest absolute Gasteiger partial charge is 0.295 e. The van der Waals surface area contributed by atoms with Gasteiger partial charge in [-0.15, -0.1) is 10.2 Å². The van der Waals surface area contributed by atoms with E-state index < -0.39 is 31.3 Å². The first kappa shape index (κ1) is 21.0. The van der Waals surface area contributed by atoms with Crippen molar-refractivity contribution in [2.24, 2.45) is 10.2 Å². The number of carbonyl (C=O) groups is 1. The van der Waals surface area contributed by atoms with Gasteiger partial charge in [0.1, 0.15) is 15.8 Å². The summed E-state index contributed by atoms with van der Waals surface area (Å²) in [7, 11) is -9.04. The standard InChI is InChI=1S/C20H14N2O7S2/c23-20-15-8-4-3-7-14(15)19(31(27,28)29)11-17(20)22-21-16-9-10-18(30(24,25)26)13-6-2-1-5-12(13)16/h1-11,19H,(H,24,25,26)(H,27,28,29). The van der Waals surface area contributed by atoms with E-state index in [-0.39, 0.29) is 32.8 Å². The van der Waals surface area contributed by atoms with E-state index in [0.29, 0.717) is 5.39 Å². The molecule has 3 aromatic rings. The SMILES string of the molecule is O=C1C(N=Nc2ccc(S(=O)(=O)O)c3ccccc23)=CC(S(=O)(=O)O)c2ccccc21. The van der Waals surface area contributed by atoms with Crippen molar-refractivity contribution < 1.29 is 30.7 Å². The van der Waals surface area contributed by atoms with E-state index in [0.717, 1.165) is 12.1 Å². The molecule has 2 N–H and O–H groups in total. The van der Waals surface area contributed by atoms with Crippen molar-refractivity contribution >= 4 is 42.5 Å². The number of hydrogen-bond acceptors (Lipinski definition) is 7. The molecule has 1 aliphatic carbocycles. The fourth-order valence-electron chi connectivity index (χ4n) is 3.40. The predicted octanol–water partition coefficient (Wildman–Crippen LogP) is 3.88. The van der Waals surface area contributed by atoms with Crippen molar-refractivity contribution in [3.8, 4) is 0 Å². The lowest BCUT2D eigenvalue weighted by atomic mass is 9.93. The summed E-state index contributed by atoms with van der Waals surface area (Å²) in [5.41, 5.74) is 0.119. The summed E-state index contributed by atoms with van der Waals surface area (Å²) in [6, 6.07) is 14.7. The number of rotatable bonds is 4. The Kier molecular flexibility index (Phi) is 5.06. The van der Waals surface area contributed by atoms with Gasteiger partial charge >= 0.3 is 0 Å². The molecule has 0 radical (unpaired) electrons. The predicted molar refractivity (Wildman–Crippen MR) is 111 cm³/mol. The Hall–Kier alpha value is -3.25. The number of ketones is 1. The minimum atomic E-state index is -4.56. The number of hydrogen-bond donors (Lipinski definition) is 2. The van der Waals surface area contributed by atoms with E-state index in [9.17, 15) is 30.7 Å². The van der Waals surface area contributed by atoms with E-state index in [1.807, 2.05) is 0 Å². The monoisotopic (exact) mass is 458 g/mol.